The third-order valence-electron chi connectivity index (χ3n) is 4.12. The Hall–Kier alpha value is -2.95. The van der Waals surface area contributed by atoms with Crippen molar-refractivity contribution in [1.82, 2.24) is 25.1 Å². The van der Waals surface area contributed by atoms with Crippen LogP contribution in [-0.4, -0.2) is 43.4 Å². The van der Waals surface area contributed by atoms with E-state index in [2.05, 4.69) is 31.0 Å². The van der Waals surface area contributed by atoms with Crippen LogP contribution in [0, 0.1) is 5.82 Å². The molecule has 1 amide bonds. The third-order valence-corrected chi connectivity index (χ3v) is 4.76. The Labute approximate surface area is 187 Å². The number of aliphatic hydroxyl groups excluding tert-OH is 1. The van der Waals surface area contributed by atoms with Crippen molar-refractivity contribution in [3.05, 3.63) is 58.2 Å². The summed E-state index contributed by atoms with van der Waals surface area (Å²) in [4.78, 5) is 20.3. The molecule has 2 heterocycles. The lowest BCUT2D eigenvalue weighted by atomic mass is 10.2. The summed E-state index contributed by atoms with van der Waals surface area (Å²) in [5.41, 5.74) is 0.807. The number of halogens is 3. The van der Waals surface area contributed by atoms with Gasteiger partial charge in [0.05, 0.1) is 23.5 Å². The number of benzene rings is 1. The molecule has 1 atom stereocenters. The zero-order chi connectivity index (χ0) is 22.4. The Morgan fingerprint density at radius 1 is 1.29 bits per heavy atom. The summed E-state index contributed by atoms with van der Waals surface area (Å²) in [6.45, 7) is 1.64. The lowest BCUT2D eigenvalue weighted by molar-refractivity contribution is -0.122. The molecule has 31 heavy (non-hydrogen) atoms. The second-order valence-electron chi connectivity index (χ2n) is 6.64. The highest BCUT2D eigenvalue weighted by Crippen LogP contribution is 2.26. The number of hydrogen-bond donors (Lipinski definition) is 4. The average Bonchev–Trinajstić information content (AvgIpc) is 3.17. The molecule has 0 aliphatic heterocycles. The van der Waals surface area contributed by atoms with Crippen LogP contribution >= 0.6 is 23.2 Å². The van der Waals surface area contributed by atoms with Crippen molar-refractivity contribution >= 4 is 46.6 Å². The summed E-state index contributed by atoms with van der Waals surface area (Å²) >= 11 is 11.9. The molecule has 0 spiro atoms. The van der Waals surface area contributed by atoms with Gasteiger partial charge in [0, 0.05) is 35.6 Å². The number of carbonyl (C=O) groups is 1. The van der Waals surface area contributed by atoms with E-state index in [1.807, 2.05) is 0 Å². The smallest absolute Gasteiger partial charge is 0.242 e. The van der Waals surface area contributed by atoms with Crippen molar-refractivity contribution in [2.45, 2.75) is 26.1 Å². The van der Waals surface area contributed by atoms with Crippen molar-refractivity contribution in [1.29, 1.82) is 0 Å². The number of aromatic nitrogens is 4. The maximum atomic E-state index is 14.2. The van der Waals surface area contributed by atoms with Crippen molar-refractivity contribution in [3.8, 4) is 0 Å². The minimum Gasteiger partial charge on any atom is -0.394 e. The highest BCUT2D eigenvalue weighted by Gasteiger charge is 2.12. The Balaban J connectivity index is 1.61. The largest absolute Gasteiger partial charge is 0.394 e. The van der Waals surface area contributed by atoms with Crippen LogP contribution in [0.1, 0.15) is 12.5 Å². The standard InChI is InChI=1S/C19H20Cl2FN7O2/c1-11(10-30)26-17(31)9-29-8-12(6-25-29)27-19-23-5-4-16(28-19)24-7-13-14(20)2-3-15(21)18(13)22/h2-6,8,11,30H,7,9-10H2,1H3,(H,26,31)(H2,23,24,27,28)/t11-/m0/s1. The van der Waals surface area contributed by atoms with Crippen LogP contribution in [0.3, 0.4) is 0 Å². The van der Waals surface area contributed by atoms with Gasteiger partial charge in [-0.25, -0.2) is 9.37 Å². The predicted molar refractivity (Wildman–Crippen MR) is 116 cm³/mol. The predicted octanol–water partition coefficient (Wildman–Crippen LogP) is 2.97. The van der Waals surface area contributed by atoms with Crippen LogP contribution in [0.25, 0.3) is 0 Å². The second-order valence-corrected chi connectivity index (χ2v) is 7.46. The van der Waals surface area contributed by atoms with Crippen molar-refractivity contribution in [2.75, 3.05) is 17.2 Å². The summed E-state index contributed by atoms with van der Waals surface area (Å²) in [6.07, 6.45) is 4.67. The van der Waals surface area contributed by atoms with E-state index in [0.29, 0.717) is 11.5 Å². The lowest BCUT2D eigenvalue weighted by Crippen LogP contribution is -2.37. The van der Waals surface area contributed by atoms with Crippen LogP contribution in [-0.2, 0) is 17.9 Å². The molecule has 0 aliphatic carbocycles. The van der Waals surface area contributed by atoms with Crippen molar-refractivity contribution in [3.63, 3.8) is 0 Å². The zero-order valence-corrected chi connectivity index (χ0v) is 18.0. The van der Waals surface area contributed by atoms with Gasteiger partial charge in [-0.3, -0.25) is 9.48 Å². The molecule has 1 aromatic carbocycles. The molecular formula is C19H20Cl2FN7O2. The molecule has 3 aromatic rings. The Bertz CT molecular complexity index is 1060. The molecule has 12 heteroatoms. The van der Waals surface area contributed by atoms with Crippen molar-refractivity contribution in [2.24, 2.45) is 0 Å². The minimum atomic E-state index is -0.584. The van der Waals surface area contributed by atoms with E-state index in [4.69, 9.17) is 28.3 Å². The zero-order valence-electron chi connectivity index (χ0n) is 16.4. The fraction of sp³-hybridized carbons (Fsp3) is 0.263. The van der Waals surface area contributed by atoms with Gasteiger partial charge in [-0.1, -0.05) is 23.2 Å². The first-order chi connectivity index (χ1) is 14.9. The first kappa shape index (κ1) is 22.7. The monoisotopic (exact) mass is 467 g/mol. The molecule has 0 saturated carbocycles. The van der Waals surface area contributed by atoms with E-state index in [1.165, 1.54) is 29.2 Å². The van der Waals surface area contributed by atoms with Gasteiger partial charge in [0.2, 0.25) is 11.9 Å². The molecule has 164 valence electrons. The van der Waals surface area contributed by atoms with Crippen molar-refractivity contribution < 1.29 is 14.3 Å². The quantitative estimate of drug-likeness (QED) is 0.357. The number of carbonyl (C=O) groups excluding carboxylic acids is 1. The van der Waals surface area contributed by atoms with Crippen LogP contribution in [0.15, 0.2) is 36.8 Å². The summed E-state index contributed by atoms with van der Waals surface area (Å²) in [5, 5.41) is 21.9. The Morgan fingerprint density at radius 3 is 2.84 bits per heavy atom. The Morgan fingerprint density at radius 2 is 2.06 bits per heavy atom. The number of rotatable bonds is 9. The summed E-state index contributed by atoms with van der Waals surface area (Å²) in [5.74, 6) is -0.136. The highest BCUT2D eigenvalue weighted by atomic mass is 35.5. The van der Waals surface area contributed by atoms with E-state index in [9.17, 15) is 9.18 Å². The Kier molecular flexibility index (Phi) is 7.61. The first-order valence-electron chi connectivity index (χ1n) is 9.24. The number of aliphatic hydroxyl groups is 1. The fourth-order valence-electron chi connectivity index (χ4n) is 2.58. The van der Waals surface area contributed by atoms with E-state index in [0.717, 1.165) is 0 Å². The highest BCUT2D eigenvalue weighted by molar-refractivity contribution is 6.33. The molecule has 0 radical (unpaired) electrons. The van der Waals surface area contributed by atoms with E-state index < -0.39 is 5.82 Å². The van der Waals surface area contributed by atoms with Gasteiger partial charge >= 0.3 is 0 Å². The maximum Gasteiger partial charge on any atom is 0.242 e. The second kappa shape index (κ2) is 10.4. The number of hydrogen-bond acceptors (Lipinski definition) is 7. The first-order valence-corrected chi connectivity index (χ1v) is 10.00. The maximum absolute atomic E-state index is 14.2. The lowest BCUT2D eigenvalue weighted by Gasteiger charge is -2.10. The molecule has 9 nitrogen and oxygen atoms in total. The van der Waals surface area contributed by atoms with Crippen LogP contribution in [0.4, 0.5) is 21.8 Å². The number of anilines is 3. The van der Waals surface area contributed by atoms with Gasteiger partial charge < -0.3 is 21.1 Å². The van der Waals surface area contributed by atoms with Gasteiger partial charge in [0.1, 0.15) is 18.2 Å². The average molecular weight is 468 g/mol. The topological polar surface area (TPSA) is 117 Å². The summed E-state index contributed by atoms with van der Waals surface area (Å²) in [7, 11) is 0. The van der Waals surface area contributed by atoms with E-state index in [-0.39, 0.29) is 53.2 Å². The normalized spacial score (nSPS) is 11.8. The minimum absolute atomic E-state index is 0.000428. The van der Waals surface area contributed by atoms with Gasteiger partial charge in [0.25, 0.3) is 0 Å². The van der Waals surface area contributed by atoms with Gasteiger partial charge in [-0.05, 0) is 25.1 Å². The molecule has 0 unspecified atom stereocenters. The molecule has 0 saturated heterocycles. The van der Waals surface area contributed by atoms with E-state index >= 15 is 0 Å². The number of nitrogens with zero attached hydrogens (tertiary/aromatic N) is 4. The summed E-state index contributed by atoms with van der Waals surface area (Å²) in [6, 6.07) is 4.21. The third kappa shape index (κ3) is 6.27. The molecule has 0 fully saturated rings. The molecule has 0 aliphatic rings. The number of nitrogens with one attached hydrogen (secondary N) is 3. The SMILES string of the molecule is C[C@@H](CO)NC(=O)Cn1cc(Nc2nccc(NCc3c(Cl)ccc(Cl)c3F)n2)cn1. The van der Waals surface area contributed by atoms with Crippen LogP contribution < -0.4 is 16.0 Å². The van der Waals surface area contributed by atoms with Gasteiger partial charge in [-0.15, -0.1) is 0 Å². The molecule has 3 rings (SSSR count). The van der Waals surface area contributed by atoms with Crippen LogP contribution in [0.2, 0.25) is 10.0 Å². The fourth-order valence-corrected chi connectivity index (χ4v) is 2.97. The van der Waals surface area contributed by atoms with E-state index in [1.54, 1.807) is 19.2 Å². The summed E-state index contributed by atoms with van der Waals surface area (Å²) < 4.78 is 15.6. The van der Waals surface area contributed by atoms with Crippen LogP contribution in [0.5, 0.6) is 0 Å². The number of amides is 1. The van der Waals surface area contributed by atoms with Gasteiger partial charge in [-0.2, -0.15) is 10.1 Å². The van der Waals surface area contributed by atoms with Gasteiger partial charge in [0.15, 0.2) is 0 Å². The molecular weight excluding hydrogens is 448 g/mol. The molecule has 2 aromatic heterocycles. The molecule has 4 N–H and O–H groups in total. The molecule has 0 bridgehead atoms.